The molecule has 0 aromatic rings. The van der Waals surface area contributed by atoms with E-state index in [1.54, 1.807) is 0 Å². The summed E-state index contributed by atoms with van der Waals surface area (Å²) in [5.74, 6) is 0.282. The Morgan fingerprint density at radius 1 is 1.41 bits per heavy atom. The van der Waals surface area contributed by atoms with Crippen molar-refractivity contribution < 1.29 is 4.79 Å². The van der Waals surface area contributed by atoms with Crippen molar-refractivity contribution >= 4 is 18.3 Å². The molecular formula is C13H25ClN2O. The quantitative estimate of drug-likeness (QED) is 0.797. The molecule has 0 saturated heterocycles. The van der Waals surface area contributed by atoms with Crippen molar-refractivity contribution in [3.05, 3.63) is 0 Å². The lowest BCUT2D eigenvalue weighted by molar-refractivity contribution is -0.125. The van der Waals surface area contributed by atoms with Crippen LogP contribution in [0.15, 0.2) is 0 Å². The monoisotopic (exact) mass is 260 g/mol. The van der Waals surface area contributed by atoms with Crippen LogP contribution in [0.2, 0.25) is 0 Å². The lowest BCUT2D eigenvalue weighted by Crippen LogP contribution is -2.40. The molecule has 2 rings (SSSR count). The van der Waals surface area contributed by atoms with Gasteiger partial charge in [0.2, 0.25) is 5.91 Å². The predicted molar refractivity (Wildman–Crippen MR) is 72.1 cm³/mol. The Hall–Kier alpha value is -0.280. The van der Waals surface area contributed by atoms with Crippen LogP contribution in [0.1, 0.15) is 51.9 Å². The third-order valence-electron chi connectivity index (χ3n) is 4.28. The molecule has 0 aromatic heterocycles. The molecule has 2 atom stereocenters. The first-order valence-corrected chi connectivity index (χ1v) is 6.70. The number of carbonyl (C=O) groups excluding carboxylic acids is 1. The van der Waals surface area contributed by atoms with Gasteiger partial charge in [0.15, 0.2) is 0 Å². The molecular weight excluding hydrogens is 236 g/mol. The van der Waals surface area contributed by atoms with Crippen molar-refractivity contribution in [1.82, 2.24) is 5.32 Å². The van der Waals surface area contributed by atoms with Gasteiger partial charge in [0.25, 0.3) is 0 Å². The van der Waals surface area contributed by atoms with Crippen LogP contribution in [0, 0.1) is 11.3 Å². The lowest BCUT2D eigenvalue weighted by atomic mass is 9.99. The van der Waals surface area contributed by atoms with Crippen LogP contribution in [0.3, 0.4) is 0 Å². The molecule has 0 bridgehead atoms. The second kappa shape index (κ2) is 6.05. The van der Waals surface area contributed by atoms with Crippen molar-refractivity contribution in [3.63, 3.8) is 0 Å². The molecule has 2 aliphatic carbocycles. The zero-order chi connectivity index (χ0) is 11.6. The smallest absolute Gasteiger partial charge is 0.224 e. The molecule has 100 valence electrons. The minimum Gasteiger partial charge on any atom is -0.355 e. The maximum Gasteiger partial charge on any atom is 0.224 e. The van der Waals surface area contributed by atoms with Gasteiger partial charge in [0.1, 0.15) is 0 Å². The van der Waals surface area contributed by atoms with Gasteiger partial charge in [-0.1, -0.05) is 19.8 Å². The summed E-state index contributed by atoms with van der Waals surface area (Å²) in [6.45, 7) is 3.09. The van der Waals surface area contributed by atoms with Crippen LogP contribution in [-0.4, -0.2) is 18.5 Å². The van der Waals surface area contributed by atoms with E-state index < -0.39 is 0 Å². The molecule has 3 N–H and O–H groups in total. The van der Waals surface area contributed by atoms with Crippen molar-refractivity contribution in [2.75, 3.05) is 6.54 Å². The zero-order valence-corrected chi connectivity index (χ0v) is 11.5. The number of amides is 1. The van der Waals surface area contributed by atoms with Gasteiger partial charge in [0.05, 0.1) is 5.92 Å². The number of carbonyl (C=O) groups is 1. The summed E-state index contributed by atoms with van der Waals surface area (Å²) in [5, 5.41) is 3.12. The molecule has 0 aromatic carbocycles. The Balaban J connectivity index is 0.00000144. The van der Waals surface area contributed by atoms with Crippen molar-refractivity contribution in [3.8, 4) is 0 Å². The van der Waals surface area contributed by atoms with E-state index in [2.05, 4.69) is 12.2 Å². The second-order valence-corrected chi connectivity index (χ2v) is 5.67. The lowest BCUT2D eigenvalue weighted by Gasteiger charge is -2.19. The highest BCUT2D eigenvalue weighted by molar-refractivity contribution is 5.85. The Morgan fingerprint density at radius 3 is 2.59 bits per heavy atom. The molecule has 0 spiro atoms. The standard InChI is InChI=1S/C13H24N2O.ClH/c1-2-6-13(7-8-13)9-15-12(16)10-4-3-5-11(10)14;/h10-11H,2-9,14H2,1H3,(H,15,16);1H. The van der Waals surface area contributed by atoms with Crippen LogP contribution in [0.5, 0.6) is 0 Å². The topological polar surface area (TPSA) is 55.1 Å². The number of hydrogen-bond donors (Lipinski definition) is 2. The van der Waals surface area contributed by atoms with E-state index in [4.69, 9.17) is 5.73 Å². The van der Waals surface area contributed by atoms with E-state index >= 15 is 0 Å². The third-order valence-corrected chi connectivity index (χ3v) is 4.28. The van der Waals surface area contributed by atoms with Crippen molar-refractivity contribution in [2.45, 2.75) is 57.9 Å². The predicted octanol–water partition coefficient (Wildman–Crippen LogP) is 2.23. The largest absolute Gasteiger partial charge is 0.355 e. The van der Waals surface area contributed by atoms with Gasteiger partial charge in [-0.25, -0.2) is 0 Å². The highest BCUT2D eigenvalue weighted by Crippen LogP contribution is 2.49. The summed E-state index contributed by atoms with van der Waals surface area (Å²) in [6, 6.07) is 0.0985. The number of halogens is 1. The van der Waals surface area contributed by atoms with Gasteiger partial charge in [0, 0.05) is 12.6 Å². The highest BCUT2D eigenvalue weighted by Gasteiger charge is 2.42. The van der Waals surface area contributed by atoms with Crippen molar-refractivity contribution in [2.24, 2.45) is 17.1 Å². The fourth-order valence-corrected chi connectivity index (χ4v) is 2.94. The Kier molecular flexibility index (Phi) is 5.26. The fourth-order valence-electron chi connectivity index (χ4n) is 2.94. The Labute approximate surface area is 110 Å². The average molecular weight is 261 g/mol. The molecule has 0 heterocycles. The van der Waals surface area contributed by atoms with Gasteiger partial charge in [-0.05, 0) is 37.5 Å². The van der Waals surface area contributed by atoms with Crippen LogP contribution < -0.4 is 11.1 Å². The molecule has 2 unspecified atom stereocenters. The maximum absolute atomic E-state index is 11.9. The maximum atomic E-state index is 11.9. The van der Waals surface area contributed by atoms with E-state index in [0.29, 0.717) is 5.41 Å². The van der Waals surface area contributed by atoms with Gasteiger partial charge in [-0.15, -0.1) is 12.4 Å². The molecule has 2 aliphatic rings. The SMILES string of the molecule is CCCC1(CNC(=O)C2CCCC2N)CC1.Cl. The summed E-state index contributed by atoms with van der Waals surface area (Å²) < 4.78 is 0. The van der Waals surface area contributed by atoms with Crippen molar-refractivity contribution in [1.29, 1.82) is 0 Å². The molecule has 2 fully saturated rings. The summed E-state index contributed by atoms with van der Waals surface area (Å²) in [7, 11) is 0. The first kappa shape index (κ1) is 14.8. The summed E-state index contributed by atoms with van der Waals surface area (Å²) >= 11 is 0. The minimum absolute atomic E-state index is 0. The van der Waals surface area contributed by atoms with Gasteiger partial charge >= 0.3 is 0 Å². The molecule has 1 amide bonds. The molecule has 4 heteroatoms. The zero-order valence-electron chi connectivity index (χ0n) is 10.7. The number of rotatable bonds is 5. The minimum atomic E-state index is 0. The normalized spacial score (nSPS) is 29.5. The van der Waals surface area contributed by atoms with E-state index in [0.717, 1.165) is 25.8 Å². The first-order chi connectivity index (χ1) is 7.67. The first-order valence-electron chi connectivity index (χ1n) is 6.70. The Bertz CT molecular complexity index is 266. The molecule has 3 nitrogen and oxygen atoms in total. The van der Waals surface area contributed by atoms with E-state index in [1.807, 2.05) is 0 Å². The van der Waals surface area contributed by atoms with Crippen LogP contribution in [0.4, 0.5) is 0 Å². The summed E-state index contributed by atoms with van der Waals surface area (Å²) in [5.41, 5.74) is 6.38. The van der Waals surface area contributed by atoms with E-state index in [-0.39, 0.29) is 30.3 Å². The number of nitrogens with one attached hydrogen (secondary N) is 1. The molecule has 2 saturated carbocycles. The summed E-state index contributed by atoms with van der Waals surface area (Å²) in [4.78, 5) is 11.9. The van der Waals surface area contributed by atoms with Gasteiger partial charge in [-0.2, -0.15) is 0 Å². The van der Waals surface area contributed by atoms with Crippen LogP contribution in [-0.2, 0) is 4.79 Å². The molecule has 0 radical (unpaired) electrons. The average Bonchev–Trinajstić information content (AvgIpc) is 2.89. The fraction of sp³-hybridized carbons (Fsp3) is 0.923. The third kappa shape index (κ3) is 3.59. The second-order valence-electron chi connectivity index (χ2n) is 5.67. The van der Waals surface area contributed by atoms with Gasteiger partial charge in [-0.3, -0.25) is 4.79 Å². The van der Waals surface area contributed by atoms with Gasteiger partial charge < -0.3 is 11.1 Å². The van der Waals surface area contributed by atoms with Crippen LogP contribution in [0.25, 0.3) is 0 Å². The molecule has 0 aliphatic heterocycles. The number of nitrogens with two attached hydrogens (primary N) is 1. The van der Waals surface area contributed by atoms with E-state index in [9.17, 15) is 4.79 Å². The number of hydrogen-bond acceptors (Lipinski definition) is 2. The highest BCUT2D eigenvalue weighted by atomic mass is 35.5. The summed E-state index contributed by atoms with van der Waals surface area (Å²) in [6.07, 6.45) is 8.16. The van der Waals surface area contributed by atoms with E-state index in [1.165, 1.54) is 25.7 Å². The Morgan fingerprint density at radius 2 is 2.12 bits per heavy atom. The molecule has 17 heavy (non-hydrogen) atoms. The van der Waals surface area contributed by atoms with Crippen LogP contribution >= 0.6 is 12.4 Å².